The number of carbonyl (C=O) groups is 3. The molecule has 6 heteroatoms. The van der Waals surface area contributed by atoms with Crippen LogP contribution in [0.4, 0.5) is 0 Å². The molecular weight excluding hydrogens is 378 g/mol. The molecule has 0 aromatic heterocycles. The molecule has 3 fully saturated rings. The van der Waals surface area contributed by atoms with Crippen LogP contribution in [0.5, 0.6) is 0 Å². The Morgan fingerprint density at radius 3 is 1.70 bits per heavy atom. The van der Waals surface area contributed by atoms with Crippen LogP contribution in [0.1, 0.15) is 74.1 Å². The van der Waals surface area contributed by atoms with Gasteiger partial charge < -0.3 is 4.90 Å². The van der Waals surface area contributed by atoms with Gasteiger partial charge in [0.25, 0.3) is 0 Å². The Morgan fingerprint density at radius 1 is 0.900 bits per heavy atom. The standard InChI is InChI=1S/C17H30N2O.C7H11NO2/c1-12-8-13(2)19(15(12)20)11-14-9-16(3,4)18(7)17(5,6)10-14;1-3-8-6(9)4-5(2)7(8)10/h12,14H,2,8-11H2,1,3-7H3;5H,3-4H2,1-2H3. The topological polar surface area (TPSA) is 60.9 Å². The molecule has 0 aromatic carbocycles. The summed E-state index contributed by atoms with van der Waals surface area (Å²) in [6, 6.07) is 0. The average Bonchev–Trinajstić information content (AvgIpc) is 3.01. The van der Waals surface area contributed by atoms with Crippen LogP contribution >= 0.6 is 0 Å². The van der Waals surface area contributed by atoms with Gasteiger partial charge in [0.1, 0.15) is 0 Å². The summed E-state index contributed by atoms with van der Waals surface area (Å²) in [4.78, 5) is 40.0. The van der Waals surface area contributed by atoms with Gasteiger partial charge in [0.2, 0.25) is 17.7 Å². The fraction of sp³-hybridized carbons (Fsp3) is 0.792. The summed E-state index contributed by atoms with van der Waals surface area (Å²) in [7, 11) is 2.22. The molecule has 3 heterocycles. The number of hydrogen-bond donors (Lipinski definition) is 0. The van der Waals surface area contributed by atoms with Gasteiger partial charge in [-0.15, -0.1) is 0 Å². The first kappa shape index (κ1) is 24.6. The molecule has 0 aliphatic carbocycles. The fourth-order valence-corrected chi connectivity index (χ4v) is 5.34. The number of allylic oxidation sites excluding steroid dienone is 1. The zero-order chi connectivity index (χ0) is 23.0. The van der Waals surface area contributed by atoms with Gasteiger partial charge in [0, 0.05) is 48.1 Å². The third kappa shape index (κ3) is 4.96. The van der Waals surface area contributed by atoms with E-state index in [1.807, 2.05) is 18.7 Å². The summed E-state index contributed by atoms with van der Waals surface area (Å²) in [6.45, 7) is 20.3. The predicted molar refractivity (Wildman–Crippen MR) is 119 cm³/mol. The molecule has 3 aliphatic heterocycles. The number of hydrogen-bond acceptors (Lipinski definition) is 4. The first-order valence-corrected chi connectivity index (χ1v) is 11.3. The Bertz CT molecular complexity index is 694. The molecule has 3 rings (SSSR count). The highest BCUT2D eigenvalue weighted by Crippen LogP contribution is 2.41. The summed E-state index contributed by atoms with van der Waals surface area (Å²) in [6.07, 6.45) is 3.50. The molecule has 0 spiro atoms. The van der Waals surface area contributed by atoms with Crippen LogP contribution in [0.2, 0.25) is 0 Å². The maximum atomic E-state index is 12.2. The van der Waals surface area contributed by atoms with Crippen LogP contribution in [-0.4, -0.2) is 63.6 Å². The molecule has 0 bridgehead atoms. The van der Waals surface area contributed by atoms with Crippen molar-refractivity contribution in [1.82, 2.24) is 14.7 Å². The van der Waals surface area contributed by atoms with E-state index in [9.17, 15) is 14.4 Å². The van der Waals surface area contributed by atoms with Gasteiger partial charge in [0.15, 0.2) is 0 Å². The second-order valence-corrected chi connectivity index (χ2v) is 10.7. The van der Waals surface area contributed by atoms with Crippen molar-refractivity contribution in [3.63, 3.8) is 0 Å². The highest BCUT2D eigenvalue weighted by Gasteiger charge is 2.44. The monoisotopic (exact) mass is 419 g/mol. The van der Waals surface area contributed by atoms with Gasteiger partial charge in [-0.3, -0.25) is 24.2 Å². The van der Waals surface area contributed by atoms with Crippen molar-refractivity contribution in [2.24, 2.45) is 17.8 Å². The minimum absolute atomic E-state index is 0.0208. The summed E-state index contributed by atoms with van der Waals surface area (Å²) in [5, 5.41) is 0. The number of piperidine rings is 1. The number of rotatable bonds is 3. The molecule has 0 N–H and O–H groups in total. The van der Waals surface area contributed by atoms with E-state index in [-0.39, 0.29) is 40.6 Å². The molecule has 30 heavy (non-hydrogen) atoms. The zero-order valence-corrected chi connectivity index (χ0v) is 20.2. The number of imide groups is 1. The van der Waals surface area contributed by atoms with Crippen LogP contribution in [0.3, 0.4) is 0 Å². The van der Waals surface area contributed by atoms with Gasteiger partial charge in [-0.25, -0.2) is 0 Å². The molecule has 2 atom stereocenters. The van der Waals surface area contributed by atoms with Gasteiger partial charge in [-0.1, -0.05) is 20.4 Å². The van der Waals surface area contributed by atoms with Crippen molar-refractivity contribution in [1.29, 1.82) is 0 Å². The van der Waals surface area contributed by atoms with Crippen molar-refractivity contribution >= 4 is 17.7 Å². The Labute approximate surface area is 182 Å². The summed E-state index contributed by atoms with van der Waals surface area (Å²) in [5.41, 5.74) is 1.38. The number of nitrogens with zero attached hydrogens (tertiary/aromatic N) is 3. The van der Waals surface area contributed by atoms with Gasteiger partial charge in [-0.2, -0.15) is 0 Å². The molecule has 3 amide bonds. The Hall–Kier alpha value is -1.69. The first-order valence-electron chi connectivity index (χ1n) is 11.3. The Morgan fingerprint density at radius 2 is 1.37 bits per heavy atom. The molecule has 0 radical (unpaired) electrons. The highest BCUT2D eigenvalue weighted by molar-refractivity contribution is 6.03. The average molecular weight is 420 g/mol. The quantitative estimate of drug-likeness (QED) is 0.655. The molecule has 170 valence electrons. The van der Waals surface area contributed by atoms with Gasteiger partial charge >= 0.3 is 0 Å². The van der Waals surface area contributed by atoms with Crippen LogP contribution in [-0.2, 0) is 14.4 Å². The molecule has 6 nitrogen and oxygen atoms in total. The van der Waals surface area contributed by atoms with Gasteiger partial charge in [-0.05, 0) is 66.8 Å². The SMILES string of the molecule is C=C1CC(C)C(=O)N1CC1CC(C)(C)N(C)C(C)(C)C1.CCN1C(=O)CC(C)C1=O. The van der Waals surface area contributed by atoms with Crippen LogP contribution < -0.4 is 0 Å². The van der Waals surface area contributed by atoms with E-state index in [4.69, 9.17) is 0 Å². The van der Waals surface area contributed by atoms with E-state index < -0.39 is 0 Å². The van der Waals surface area contributed by atoms with Crippen LogP contribution in [0.25, 0.3) is 0 Å². The van der Waals surface area contributed by atoms with E-state index in [0.29, 0.717) is 18.9 Å². The van der Waals surface area contributed by atoms with Crippen molar-refractivity contribution in [2.75, 3.05) is 20.1 Å². The van der Waals surface area contributed by atoms with Gasteiger partial charge in [0.05, 0.1) is 0 Å². The second-order valence-electron chi connectivity index (χ2n) is 10.7. The summed E-state index contributed by atoms with van der Waals surface area (Å²) < 4.78 is 0. The number of likely N-dealkylation sites (tertiary alicyclic amines) is 3. The van der Waals surface area contributed by atoms with Crippen molar-refractivity contribution in [2.45, 2.75) is 85.2 Å². The first-order chi connectivity index (χ1) is 13.7. The normalized spacial score (nSPS) is 29.5. The van der Waals surface area contributed by atoms with Crippen molar-refractivity contribution in [3.8, 4) is 0 Å². The molecule has 0 saturated carbocycles. The molecule has 2 unspecified atom stereocenters. The lowest BCUT2D eigenvalue weighted by Crippen LogP contribution is -2.59. The molecule has 3 saturated heterocycles. The number of amides is 3. The number of carbonyl (C=O) groups excluding carboxylic acids is 3. The largest absolute Gasteiger partial charge is 0.316 e. The fourth-order valence-electron chi connectivity index (χ4n) is 5.34. The van der Waals surface area contributed by atoms with E-state index >= 15 is 0 Å². The van der Waals surface area contributed by atoms with Crippen molar-refractivity contribution < 1.29 is 14.4 Å². The van der Waals surface area contributed by atoms with Crippen molar-refractivity contribution in [3.05, 3.63) is 12.3 Å². The zero-order valence-electron chi connectivity index (χ0n) is 20.2. The third-order valence-corrected chi connectivity index (χ3v) is 7.23. The summed E-state index contributed by atoms with van der Waals surface area (Å²) >= 11 is 0. The maximum absolute atomic E-state index is 12.2. The molecule has 0 aromatic rings. The lowest BCUT2D eigenvalue weighted by Gasteiger charge is -2.54. The predicted octanol–water partition coefficient (Wildman–Crippen LogP) is 3.67. The smallest absolute Gasteiger partial charge is 0.232 e. The Kier molecular flexibility index (Phi) is 7.22. The van der Waals surface area contributed by atoms with E-state index in [2.05, 4.69) is 46.2 Å². The third-order valence-electron chi connectivity index (χ3n) is 7.23. The minimum atomic E-state index is -0.0903. The minimum Gasteiger partial charge on any atom is -0.316 e. The van der Waals surface area contributed by atoms with E-state index in [1.54, 1.807) is 6.92 Å². The van der Waals surface area contributed by atoms with Crippen LogP contribution in [0.15, 0.2) is 12.3 Å². The lowest BCUT2D eigenvalue weighted by atomic mass is 9.74. The summed E-state index contributed by atoms with van der Waals surface area (Å²) in [5.74, 6) is 0.807. The second kappa shape index (κ2) is 8.81. The molecular formula is C24H41N3O3. The maximum Gasteiger partial charge on any atom is 0.232 e. The van der Waals surface area contributed by atoms with E-state index in [1.165, 1.54) is 4.90 Å². The highest BCUT2D eigenvalue weighted by atomic mass is 16.2. The lowest BCUT2D eigenvalue weighted by molar-refractivity contribution is -0.139. The Balaban J connectivity index is 0.000000269. The molecule has 3 aliphatic rings. The van der Waals surface area contributed by atoms with Crippen LogP contribution in [0, 0.1) is 17.8 Å². The van der Waals surface area contributed by atoms with E-state index in [0.717, 1.165) is 31.5 Å².